The van der Waals surface area contributed by atoms with E-state index in [-0.39, 0.29) is 0 Å². The average molecular weight is 311 g/mol. The van der Waals surface area contributed by atoms with Crippen molar-refractivity contribution in [2.75, 3.05) is 26.0 Å². The van der Waals surface area contributed by atoms with Crippen LogP contribution in [0, 0.1) is 0 Å². The molecule has 0 radical (unpaired) electrons. The van der Waals surface area contributed by atoms with E-state index in [1.807, 2.05) is 12.1 Å². The molecule has 5 heteroatoms. The second-order valence-corrected chi connectivity index (χ2v) is 7.80. The highest BCUT2D eigenvalue weighted by Gasteiger charge is 2.20. The molecule has 0 unspecified atom stereocenters. The molecule has 1 aliphatic rings. The summed E-state index contributed by atoms with van der Waals surface area (Å²) in [5.41, 5.74) is 1.15. The van der Waals surface area contributed by atoms with Crippen molar-refractivity contribution >= 4 is 9.84 Å². The van der Waals surface area contributed by atoms with Gasteiger partial charge in [0.1, 0.15) is 0 Å². The summed E-state index contributed by atoms with van der Waals surface area (Å²) in [4.78, 5) is 2.77. The van der Waals surface area contributed by atoms with Crippen molar-refractivity contribution in [3.63, 3.8) is 0 Å². The Labute approximate surface area is 128 Å². The largest absolute Gasteiger partial charge is 0.377 e. The molecular weight excluding hydrogens is 286 g/mol. The summed E-state index contributed by atoms with van der Waals surface area (Å²) in [5, 5.41) is 0. The zero-order valence-corrected chi connectivity index (χ0v) is 13.7. The second kappa shape index (κ2) is 7.38. The van der Waals surface area contributed by atoms with E-state index in [4.69, 9.17) is 4.74 Å². The minimum atomic E-state index is -3.11. The normalized spacial score (nSPS) is 20.6. The third kappa shape index (κ3) is 5.09. The van der Waals surface area contributed by atoms with Crippen LogP contribution in [-0.2, 0) is 21.1 Å². The zero-order chi connectivity index (χ0) is 15.3. The number of nitrogens with zero attached hydrogens (tertiary/aromatic N) is 1. The Morgan fingerprint density at radius 2 is 2.00 bits per heavy atom. The van der Waals surface area contributed by atoms with Crippen molar-refractivity contribution < 1.29 is 13.2 Å². The minimum absolute atomic E-state index is 0.342. The maximum atomic E-state index is 11.5. The topological polar surface area (TPSA) is 46.6 Å². The lowest BCUT2D eigenvalue weighted by Gasteiger charge is -2.32. The predicted octanol–water partition coefficient (Wildman–Crippen LogP) is 2.48. The van der Waals surface area contributed by atoms with Crippen LogP contribution in [0.2, 0.25) is 0 Å². The first-order chi connectivity index (χ1) is 9.99. The molecule has 1 fully saturated rings. The molecule has 21 heavy (non-hydrogen) atoms. The van der Waals surface area contributed by atoms with Gasteiger partial charge in [-0.15, -0.1) is 0 Å². The van der Waals surface area contributed by atoms with Crippen LogP contribution < -0.4 is 0 Å². The highest BCUT2D eigenvalue weighted by molar-refractivity contribution is 7.90. The van der Waals surface area contributed by atoms with Gasteiger partial charge >= 0.3 is 0 Å². The van der Waals surface area contributed by atoms with E-state index < -0.39 is 9.84 Å². The molecule has 1 saturated heterocycles. The molecule has 118 valence electrons. The number of hydrogen-bond acceptors (Lipinski definition) is 4. The smallest absolute Gasteiger partial charge is 0.175 e. The molecule has 4 nitrogen and oxygen atoms in total. The SMILES string of the molecule is CCCO[C@H]1CCCN(Cc2ccc(S(C)(=O)=O)cc2)C1. The first-order valence-corrected chi connectivity index (χ1v) is 9.51. The zero-order valence-electron chi connectivity index (χ0n) is 12.9. The fourth-order valence-electron chi connectivity index (χ4n) is 2.68. The van der Waals surface area contributed by atoms with Crippen LogP contribution >= 0.6 is 0 Å². The van der Waals surface area contributed by atoms with Crippen LogP contribution in [0.4, 0.5) is 0 Å². The van der Waals surface area contributed by atoms with E-state index in [0.29, 0.717) is 11.0 Å². The number of piperidine rings is 1. The van der Waals surface area contributed by atoms with Gasteiger partial charge in [0.15, 0.2) is 9.84 Å². The first kappa shape index (κ1) is 16.5. The van der Waals surface area contributed by atoms with Crippen molar-refractivity contribution in [3.05, 3.63) is 29.8 Å². The second-order valence-electron chi connectivity index (χ2n) is 5.79. The summed E-state index contributed by atoms with van der Waals surface area (Å²) in [6.45, 7) is 5.87. The molecule has 0 bridgehead atoms. The number of benzene rings is 1. The van der Waals surface area contributed by atoms with Crippen LogP contribution in [0.25, 0.3) is 0 Å². The Bertz CT molecular complexity index is 539. The van der Waals surface area contributed by atoms with Gasteiger partial charge in [0.05, 0.1) is 11.0 Å². The molecule has 0 spiro atoms. The van der Waals surface area contributed by atoms with E-state index in [0.717, 1.165) is 51.1 Å². The molecule has 1 aromatic carbocycles. The third-order valence-corrected chi connectivity index (χ3v) is 4.91. The third-order valence-electron chi connectivity index (χ3n) is 3.78. The van der Waals surface area contributed by atoms with Gasteiger partial charge in [0, 0.05) is 26.0 Å². The van der Waals surface area contributed by atoms with E-state index in [9.17, 15) is 8.42 Å². The van der Waals surface area contributed by atoms with Crippen LogP contribution in [-0.4, -0.2) is 45.4 Å². The number of ether oxygens (including phenoxy) is 1. The molecule has 1 atom stereocenters. The Morgan fingerprint density at radius 1 is 1.29 bits per heavy atom. The van der Waals surface area contributed by atoms with E-state index in [1.54, 1.807) is 12.1 Å². The van der Waals surface area contributed by atoms with Crippen LogP contribution in [0.5, 0.6) is 0 Å². The number of sulfone groups is 1. The quantitative estimate of drug-likeness (QED) is 0.810. The molecule has 0 saturated carbocycles. The number of likely N-dealkylation sites (tertiary alicyclic amines) is 1. The standard InChI is InChI=1S/C16H25NO3S/c1-3-11-20-15-5-4-10-17(13-15)12-14-6-8-16(9-7-14)21(2,18)19/h6-9,15H,3-5,10-13H2,1-2H3/t15-/m0/s1. The van der Waals surface area contributed by atoms with Gasteiger partial charge in [-0.05, 0) is 43.5 Å². The van der Waals surface area contributed by atoms with Crippen molar-refractivity contribution in [1.29, 1.82) is 0 Å². The van der Waals surface area contributed by atoms with Gasteiger partial charge in [0.25, 0.3) is 0 Å². The van der Waals surface area contributed by atoms with Crippen molar-refractivity contribution in [1.82, 2.24) is 4.90 Å². The molecule has 1 heterocycles. The maximum Gasteiger partial charge on any atom is 0.175 e. The maximum absolute atomic E-state index is 11.5. The van der Waals surface area contributed by atoms with Gasteiger partial charge in [-0.1, -0.05) is 19.1 Å². The molecule has 1 aromatic rings. The summed E-state index contributed by atoms with van der Waals surface area (Å²) < 4.78 is 28.7. The Hall–Kier alpha value is -0.910. The van der Waals surface area contributed by atoms with Crippen LogP contribution in [0.3, 0.4) is 0 Å². The Balaban J connectivity index is 1.92. The lowest BCUT2D eigenvalue weighted by Crippen LogP contribution is -2.39. The van der Waals surface area contributed by atoms with Gasteiger partial charge in [-0.3, -0.25) is 4.90 Å². The number of rotatable bonds is 6. The van der Waals surface area contributed by atoms with E-state index >= 15 is 0 Å². The fourth-order valence-corrected chi connectivity index (χ4v) is 3.31. The summed E-state index contributed by atoms with van der Waals surface area (Å²) in [5.74, 6) is 0. The van der Waals surface area contributed by atoms with E-state index in [1.165, 1.54) is 6.26 Å². The molecular formula is C16H25NO3S. The fraction of sp³-hybridized carbons (Fsp3) is 0.625. The van der Waals surface area contributed by atoms with Crippen molar-refractivity contribution in [3.8, 4) is 0 Å². The summed E-state index contributed by atoms with van der Waals surface area (Å²) in [7, 11) is -3.11. The van der Waals surface area contributed by atoms with Crippen molar-refractivity contribution in [2.24, 2.45) is 0 Å². The van der Waals surface area contributed by atoms with E-state index in [2.05, 4.69) is 11.8 Å². The lowest BCUT2D eigenvalue weighted by atomic mass is 10.1. The Morgan fingerprint density at radius 3 is 2.62 bits per heavy atom. The predicted molar refractivity (Wildman–Crippen MR) is 84.1 cm³/mol. The molecule has 0 N–H and O–H groups in total. The summed E-state index contributed by atoms with van der Waals surface area (Å²) >= 11 is 0. The highest BCUT2D eigenvalue weighted by atomic mass is 32.2. The first-order valence-electron chi connectivity index (χ1n) is 7.62. The Kier molecular flexibility index (Phi) is 5.79. The van der Waals surface area contributed by atoms with Gasteiger partial charge in [0.2, 0.25) is 0 Å². The summed E-state index contributed by atoms with van der Waals surface area (Å²) in [6, 6.07) is 7.21. The monoisotopic (exact) mass is 311 g/mol. The molecule has 0 aromatic heterocycles. The van der Waals surface area contributed by atoms with Gasteiger partial charge < -0.3 is 4.74 Å². The lowest BCUT2D eigenvalue weighted by molar-refractivity contribution is -0.00223. The minimum Gasteiger partial charge on any atom is -0.377 e. The average Bonchev–Trinajstić information content (AvgIpc) is 2.45. The molecule has 0 amide bonds. The van der Waals surface area contributed by atoms with Crippen LogP contribution in [0.15, 0.2) is 29.2 Å². The van der Waals surface area contributed by atoms with Gasteiger partial charge in [-0.2, -0.15) is 0 Å². The van der Waals surface area contributed by atoms with Crippen molar-refractivity contribution in [2.45, 2.75) is 43.7 Å². The number of hydrogen-bond donors (Lipinski definition) is 0. The highest BCUT2D eigenvalue weighted by Crippen LogP contribution is 2.17. The molecule has 0 aliphatic carbocycles. The molecule has 1 aliphatic heterocycles. The molecule has 2 rings (SSSR count). The summed E-state index contributed by atoms with van der Waals surface area (Å²) in [6.07, 6.45) is 4.94. The van der Waals surface area contributed by atoms with Crippen LogP contribution in [0.1, 0.15) is 31.7 Å². The van der Waals surface area contributed by atoms with Gasteiger partial charge in [-0.25, -0.2) is 8.42 Å².